The molecule has 2 N–H and O–H groups in total. The average Bonchev–Trinajstić information content (AvgIpc) is 3.04. The van der Waals surface area contributed by atoms with Crippen LogP contribution in [0.1, 0.15) is 15.9 Å². The fourth-order valence-corrected chi connectivity index (χ4v) is 3.78. The van der Waals surface area contributed by atoms with Gasteiger partial charge in [0.1, 0.15) is 0 Å². The van der Waals surface area contributed by atoms with Crippen molar-refractivity contribution in [1.29, 1.82) is 0 Å². The van der Waals surface area contributed by atoms with Crippen LogP contribution in [-0.2, 0) is 0 Å². The van der Waals surface area contributed by atoms with Crippen molar-refractivity contribution in [2.45, 2.75) is 10.4 Å². The van der Waals surface area contributed by atoms with Crippen LogP contribution in [0.5, 0.6) is 0 Å². The third kappa shape index (κ3) is 1.97. The van der Waals surface area contributed by atoms with Crippen molar-refractivity contribution in [3.63, 3.8) is 0 Å². The van der Waals surface area contributed by atoms with Crippen LogP contribution < -0.4 is 10.2 Å². The molecule has 0 bridgehead atoms. The number of carboxylic acids is 1. The summed E-state index contributed by atoms with van der Waals surface area (Å²) in [6.07, 6.45) is 2.08. The minimum Gasteiger partial charge on any atom is -0.478 e. The molecular weight excluding hydrogens is 284 g/mol. The Hall–Kier alpha value is -2.40. The van der Waals surface area contributed by atoms with Crippen LogP contribution in [0.25, 0.3) is 5.70 Å². The minimum atomic E-state index is -0.890. The smallest absolute Gasteiger partial charge is 0.335 e. The molecule has 1 atom stereocenters. The topological polar surface area (TPSA) is 52.6 Å². The second-order valence-electron chi connectivity index (χ2n) is 4.92. The van der Waals surface area contributed by atoms with E-state index in [2.05, 4.69) is 28.5 Å². The van der Waals surface area contributed by atoms with Gasteiger partial charge in [-0.2, -0.15) is 0 Å². The first-order valence-corrected chi connectivity index (χ1v) is 7.46. The Balaban J connectivity index is 1.70. The number of hydrogen-bond donors (Lipinski definition) is 2. The summed E-state index contributed by atoms with van der Waals surface area (Å²) in [5.41, 5.74) is 3.71. The molecule has 1 unspecified atom stereocenters. The molecule has 21 heavy (non-hydrogen) atoms. The SMILES string of the molecule is O=C(O)c1ccc2c(c1)SC1NC(c3ccccc3)=CN21. The van der Waals surface area contributed by atoms with E-state index in [4.69, 9.17) is 5.11 Å². The van der Waals surface area contributed by atoms with Gasteiger partial charge >= 0.3 is 5.97 Å². The predicted octanol–water partition coefficient (Wildman–Crippen LogP) is 3.18. The molecule has 0 fully saturated rings. The van der Waals surface area contributed by atoms with Crippen LogP contribution in [0.3, 0.4) is 0 Å². The number of nitrogens with zero attached hydrogens (tertiary/aromatic N) is 1. The van der Waals surface area contributed by atoms with Crippen molar-refractivity contribution in [3.05, 3.63) is 65.9 Å². The van der Waals surface area contributed by atoms with Crippen LogP contribution >= 0.6 is 11.8 Å². The van der Waals surface area contributed by atoms with E-state index in [0.717, 1.165) is 21.8 Å². The largest absolute Gasteiger partial charge is 0.478 e. The molecule has 2 heterocycles. The van der Waals surface area contributed by atoms with Gasteiger partial charge in [0.25, 0.3) is 0 Å². The first-order chi connectivity index (χ1) is 10.2. The van der Waals surface area contributed by atoms with Gasteiger partial charge in [-0.1, -0.05) is 42.1 Å². The molecule has 4 nitrogen and oxygen atoms in total. The second-order valence-corrected chi connectivity index (χ2v) is 6.04. The average molecular weight is 296 g/mol. The van der Waals surface area contributed by atoms with E-state index in [0.29, 0.717) is 5.56 Å². The number of anilines is 1. The van der Waals surface area contributed by atoms with Crippen molar-refractivity contribution < 1.29 is 9.90 Å². The zero-order chi connectivity index (χ0) is 14.4. The van der Waals surface area contributed by atoms with Crippen LogP contribution in [-0.4, -0.2) is 16.6 Å². The number of nitrogens with one attached hydrogen (secondary N) is 1. The van der Waals surface area contributed by atoms with Gasteiger partial charge in [-0.3, -0.25) is 0 Å². The van der Waals surface area contributed by atoms with Crippen LogP contribution in [0.15, 0.2) is 59.6 Å². The zero-order valence-electron chi connectivity index (χ0n) is 11.0. The van der Waals surface area contributed by atoms with Gasteiger partial charge in [0.15, 0.2) is 5.50 Å². The molecule has 0 amide bonds. The molecule has 0 aromatic heterocycles. The second kappa shape index (κ2) is 4.56. The molecule has 0 saturated carbocycles. The maximum absolute atomic E-state index is 11.0. The van der Waals surface area contributed by atoms with Gasteiger partial charge in [-0.15, -0.1) is 0 Å². The highest BCUT2D eigenvalue weighted by Crippen LogP contribution is 2.46. The predicted molar refractivity (Wildman–Crippen MR) is 83.1 cm³/mol. The standard InChI is InChI=1S/C16H12N2O2S/c19-15(20)11-6-7-13-14(8-11)21-16-17-12(9-18(13)16)10-4-2-1-3-5-10/h1-9,16-17H,(H,19,20). The van der Waals surface area contributed by atoms with E-state index < -0.39 is 5.97 Å². The van der Waals surface area contributed by atoms with Gasteiger partial charge in [-0.25, -0.2) is 4.79 Å². The third-order valence-corrected chi connectivity index (χ3v) is 4.76. The van der Waals surface area contributed by atoms with Gasteiger partial charge in [-0.05, 0) is 23.8 Å². The summed E-state index contributed by atoms with van der Waals surface area (Å²) < 4.78 is 0. The van der Waals surface area contributed by atoms with Crippen LogP contribution in [0.4, 0.5) is 5.69 Å². The molecule has 2 aliphatic heterocycles. The quantitative estimate of drug-likeness (QED) is 0.891. The molecule has 0 aliphatic carbocycles. The van der Waals surface area contributed by atoms with Crippen LogP contribution in [0, 0.1) is 0 Å². The Bertz CT molecular complexity index is 758. The Morgan fingerprint density at radius 2 is 2.00 bits per heavy atom. The van der Waals surface area contributed by atoms with Crippen molar-refractivity contribution >= 4 is 29.1 Å². The number of carbonyl (C=O) groups is 1. The van der Waals surface area contributed by atoms with Crippen molar-refractivity contribution in [3.8, 4) is 0 Å². The molecule has 0 spiro atoms. The highest BCUT2D eigenvalue weighted by molar-refractivity contribution is 8.00. The first-order valence-electron chi connectivity index (χ1n) is 6.58. The first kappa shape index (κ1) is 12.3. The summed E-state index contributed by atoms with van der Waals surface area (Å²) in [6, 6.07) is 15.4. The summed E-state index contributed by atoms with van der Waals surface area (Å²) in [4.78, 5) is 14.2. The van der Waals surface area contributed by atoms with E-state index in [1.807, 2.05) is 24.3 Å². The van der Waals surface area contributed by atoms with Gasteiger partial charge in [0.2, 0.25) is 0 Å². The molecule has 2 aromatic rings. The van der Waals surface area contributed by atoms with Gasteiger partial charge < -0.3 is 15.3 Å². The maximum atomic E-state index is 11.0. The van der Waals surface area contributed by atoms with E-state index in [1.165, 1.54) is 0 Å². The van der Waals surface area contributed by atoms with E-state index >= 15 is 0 Å². The van der Waals surface area contributed by atoms with Crippen molar-refractivity contribution in [2.75, 3.05) is 4.90 Å². The Kier molecular flexibility index (Phi) is 2.68. The van der Waals surface area contributed by atoms with Crippen molar-refractivity contribution in [1.82, 2.24) is 5.32 Å². The number of thioether (sulfide) groups is 1. The number of hydrogen-bond acceptors (Lipinski definition) is 4. The normalized spacial score (nSPS) is 18.8. The lowest BCUT2D eigenvalue weighted by molar-refractivity contribution is 0.0696. The lowest BCUT2D eigenvalue weighted by Crippen LogP contribution is -2.28. The molecule has 2 aliphatic rings. The van der Waals surface area contributed by atoms with E-state index in [-0.39, 0.29) is 5.50 Å². The summed E-state index contributed by atoms with van der Waals surface area (Å²) in [7, 11) is 0. The molecule has 0 radical (unpaired) electrons. The Morgan fingerprint density at radius 1 is 1.19 bits per heavy atom. The molecular formula is C16H12N2O2S. The number of benzene rings is 2. The minimum absolute atomic E-state index is 0.0965. The lowest BCUT2D eigenvalue weighted by atomic mass is 10.2. The van der Waals surface area contributed by atoms with Gasteiger partial charge in [0.05, 0.1) is 16.9 Å². The molecule has 0 saturated heterocycles. The number of rotatable bonds is 2. The summed E-state index contributed by atoms with van der Waals surface area (Å²) in [5, 5.41) is 12.5. The summed E-state index contributed by atoms with van der Waals surface area (Å²) in [6.45, 7) is 0. The van der Waals surface area contributed by atoms with Crippen molar-refractivity contribution in [2.24, 2.45) is 0 Å². The highest BCUT2D eigenvalue weighted by atomic mass is 32.2. The molecule has 4 rings (SSSR count). The fraction of sp³-hybridized carbons (Fsp3) is 0.0625. The number of fused-ring (bicyclic) bond motifs is 3. The van der Waals surface area contributed by atoms with Gasteiger partial charge in [0, 0.05) is 11.1 Å². The number of carboxylic acid groups (broad SMARTS) is 1. The number of aromatic carboxylic acids is 1. The fourth-order valence-electron chi connectivity index (χ4n) is 2.58. The monoisotopic (exact) mass is 296 g/mol. The maximum Gasteiger partial charge on any atom is 0.335 e. The van der Waals surface area contributed by atoms with Crippen LogP contribution in [0.2, 0.25) is 0 Å². The molecule has 104 valence electrons. The van der Waals surface area contributed by atoms with E-state index in [1.54, 1.807) is 23.9 Å². The summed E-state index contributed by atoms with van der Waals surface area (Å²) in [5.74, 6) is -0.890. The lowest BCUT2D eigenvalue weighted by Gasteiger charge is -2.15. The van der Waals surface area contributed by atoms with E-state index in [9.17, 15) is 4.79 Å². The third-order valence-electron chi connectivity index (χ3n) is 3.61. The highest BCUT2D eigenvalue weighted by Gasteiger charge is 2.34. The Morgan fingerprint density at radius 3 is 2.76 bits per heavy atom. The molecule has 2 aromatic carbocycles. The molecule has 5 heteroatoms. The summed E-state index contributed by atoms with van der Waals surface area (Å²) >= 11 is 1.64. The Labute approximate surface area is 126 Å². The zero-order valence-corrected chi connectivity index (χ0v) is 11.8.